The van der Waals surface area contributed by atoms with Gasteiger partial charge in [-0.1, -0.05) is 26.0 Å². The largest absolute Gasteiger partial charge is 0.461 e. The van der Waals surface area contributed by atoms with Crippen molar-refractivity contribution in [2.75, 3.05) is 6.61 Å². The Morgan fingerprint density at radius 1 is 1.10 bits per heavy atom. The lowest BCUT2D eigenvalue weighted by Gasteiger charge is -2.16. The zero-order chi connectivity index (χ0) is 22.9. The van der Waals surface area contributed by atoms with Gasteiger partial charge in [0.2, 0.25) is 5.83 Å². The molecule has 1 heterocycles. The van der Waals surface area contributed by atoms with Crippen LogP contribution in [-0.4, -0.2) is 23.1 Å². The van der Waals surface area contributed by atoms with E-state index in [0.717, 1.165) is 28.2 Å². The summed E-state index contributed by atoms with van der Waals surface area (Å²) >= 11 is 0. The molecule has 2 atom stereocenters. The van der Waals surface area contributed by atoms with E-state index in [0.29, 0.717) is 0 Å². The van der Waals surface area contributed by atoms with Crippen LogP contribution in [0.4, 0.5) is 4.39 Å². The van der Waals surface area contributed by atoms with Crippen molar-refractivity contribution in [2.24, 2.45) is 17.3 Å². The number of benzene rings is 1. The number of hydrogen-bond donors (Lipinski definition) is 0. The van der Waals surface area contributed by atoms with Gasteiger partial charge in [-0.15, -0.1) is 0 Å². The topological polar surface area (TPSA) is 57.5 Å². The van der Waals surface area contributed by atoms with Gasteiger partial charge in [0.15, 0.2) is 0 Å². The lowest BCUT2D eigenvalue weighted by atomic mass is 10.1. The second kappa shape index (κ2) is 8.69. The summed E-state index contributed by atoms with van der Waals surface area (Å²) in [6.45, 7) is 11.7. The smallest absolute Gasteiger partial charge is 0.366 e. The molecule has 6 heteroatoms. The first-order valence-corrected chi connectivity index (χ1v) is 10.5. The summed E-state index contributed by atoms with van der Waals surface area (Å²) < 4.78 is 26.5. The first kappa shape index (κ1) is 22.8. The molecule has 166 valence electrons. The molecule has 31 heavy (non-hydrogen) atoms. The Labute approximate surface area is 182 Å². The molecular formula is C25H30FNO4. The molecule has 0 amide bonds. The number of carbonyl (C=O) groups is 2. The number of esters is 2. The van der Waals surface area contributed by atoms with Crippen LogP contribution in [0.5, 0.6) is 0 Å². The molecule has 0 aliphatic heterocycles. The fraction of sp³-hybridized carbons (Fsp3) is 0.440. The normalized spacial score (nSPS) is 19.8. The molecule has 0 saturated heterocycles. The van der Waals surface area contributed by atoms with E-state index in [2.05, 4.69) is 35.3 Å². The van der Waals surface area contributed by atoms with E-state index in [4.69, 9.17) is 4.74 Å². The number of aryl methyl sites for hydroxylation is 2. The van der Waals surface area contributed by atoms with Crippen molar-refractivity contribution in [2.45, 2.75) is 48.1 Å². The molecule has 0 bridgehead atoms. The molecule has 0 radical (unpaired) electrons. The monoisotopic (exact) mass is 427 g/mol. The van der Waals surface area contributed by atoms with Crippen molar-refractivity contribution < 1.29 is 23.5 Å². The standard InChI is InChI=1S/C25H30FNO4/c1-7-30-23(28)20(26)13-19-22(25(19,5)6)24(29)31-14-18-9-8-10-21(17(18)4)27-15(2)11-12-16(27)3/h8-13,19,22H,7,14H2,1-6H3/t19-,22-/m0/s1. The Bertz CT molecular complexity index is 1010. The zero-order valence-corrected chi connectivity index (χ0v) is 19.0. The van der Waals surface area contributed by atoms with Gasteiger partial charge in [-0.25, -0.2) is 4.79 Å². The molecule has 5 nitrogen and oxygen atoms in total. The number of halogens is 1. The Balaban J connectivity index is 1.71. The van der Waals surface area contributed by atoms with Gasteiger partial charge in [0.05, 0.1) is 12.5 Å². The van der Waals surface area contributed by atoms with E-state index in [-0.39, 0.29) is 19.2 Å². The minimum absolute atomic E-state index is 0.0973. The van der Waals surface area contributed by atoms with Gasteiger partial charge in [-0.3, -0.25) is 4.79 Å². The fourth-order valence-corrected chi connectivity index (χ4v) is 4.22. The molecule has 1 aliphatic rings. The number of hydrogen-bond acceptors (Lipinski definition) is 4. The lowest BCUT2D eigenvalue weighted by molar-refractivity contribution is -0.147. The quantitative estimate of drug-likeness (QED) is 0.454. The highest BCUT2D eigenvalue weighted by atomic mass is 19.1. The maximum Gasteiger partial charge on any atom is 0.366 e. The molecule has 0 spiro atoms. The zero-order valence-electron chi connectivity index (χ0n) is 19.0. The third kappa shape index (κ3) is 4.43. The summed E-state index contributed by atoms with van der Waals surface area (Å²) in [5.41, 5.74) is 4.80. The van der Waals surface area contributed by atoms with E-state index < -0.39 is 29.0 Å². The van der Waals surface area contributed by atoms with E-state index in [9.17, 15) is 14.0 Å². The summed E-state index contributed by atoms with van der Waals surface area (Å²) in [6, 6.07) is 10.1. The molecule has 1 aromatic heterocycles. The van der Waals surface area contributed by atoms with E-state index >= 15 is 0 Å². The van der Waals surface area contributed by atoms with Crippen LogP contribution in [0.3, 0.4) is 0 Å². The summed E-state index contributed by atoms with van der Waals surface area (Å²) in [4.78, 5) is 24.3. The highest BCUT2D eigenvalue weighted by Gasteiger charge is 2.62. The number of rotatable bonds is 7. The van der Waals surface area contributed by atoms with Crippen molar-refractivity contribution in [3.05, 3.63) is 64.7 Å². The van der Waals surface area contributed by atoms with Gasteiger partial charge in [0, 0.05) is 17.1 Å². The molecular weight excluding hydrogens is 397 g/mol. The molecule has 0 unspecified atom stereocenters. The Morgan fingerprint density at radius 3 is 2.35 bits per heavy atom. The third-order valence-corrected chi connectivity index (χ3v) is 6.26. The van der Waals surface area contributed by atoms with Crippen LogP contribution in [0, 0.1) is 38.0 Å². The van der Waals surface area contributed by atoms with Crippen LogP contribution in [0.2, 0.25) is 0 Å². The highest BCUT2D eigenvalue weighted by molar-refractivity contribution is 5.86. The number of ether oxygens (including phenoxy) is 2. The van der Waals surface area contributed by atoms with Gasteiger partial charge >= 0.3 is 11.9 Å². The van der Waals surface area contributed by atoms with Crippen molar-refractivity contribution in [3.8, 4) is 5.69 Å². The van der Waals surface area contributed by atoms with Crippen molar-refractivity contribution in [1.29, 1.82) is 0 Å². The number of allylic oxidation sites excluding steroid dienone is 1. The second-order valence-corrected chi connectivity index (χ2v) is 8.68. The SMILES string of the molecule is CCOC(=O)C(F)=C[C@H]1[C@@H](C(=O)OCc2cccc(-n3c(C)ccc3C)c2C)C1(C)C. The van der Waals surface area contributed by atoms with E-state index in [1.165, 1.54) is 6.08 Å². The lowest BCUT2D eigenvalue weighted by Crippen LogP contribution is -2.12. The maximum absolute atomic E-state index is 14.0. The highest BCUT2D eigenvalue weighted by Crippen LogP contribution is 2.60. The van der Waals surface area contributed by atoms with Gasteiger partial charge in [0.1, 0.15) is 6.61 Å². The third-order valence-electron chi connectivity index (χ3n) is 6.26. The number of aromatic nitrogens is 1. The minimum Gasteiger partial charge on any atom is -0.461 e. The molecule has 3 rings (SSSR count). The molecule has 1 aromatic carbocycles. The van der Waals surface area contributed by atoms with Crippen LogP contribution >= 0.6 is 0 Å². The van der Waals surface area contributed by atoms with Crippen LogP contribution in [0.25, 0.3) is 5.69 Å². The van der Waals surface area contributed by atoms with Gasteiger partial charge in [-0.2, -0.15) is 4.39 Å². The average molecular weight is 428 g/mol. The Kier molecular flexibility index (Phi) is 6.39. The van der Waals surface area contributed by atoms with Crippen molar-refractivity contribution in [3.63, 3.8) is 0 Å². The van der Waals surface area contributed by atoms with Crippen molar-refractivity contribution >= 4 is 11.9 Å². The summed E-state index contributed by atoms with van der Waals surface area (Å²) in [7, 11) is 0. The van der Waals surface area contributed by atoms with E-state index in [1.807, 2.05) is 39.0 Å². The Hall–Kier alpha value is -2.89. The average Bonchev–Trinajstić information content (AvgIpc) is 3.08. The molecule has 1 fully saturated rings. The van der Waals surface area contributed by atoms with Gasteiger partial charge < -0.3 is 14.0 Å². The molecule has 1 saturated carbocycles. The van der Waals surface area contributed by atoms with Crippen LogP contribution in [0.1, 0.15) is 43.3 Å². The summed E-state index contributed by atoms with van der Waals surface area (Å²) in [5.74, 6) is -3.25. The number of nitrogens with zero attached hydrogens (tertiary/aromatic N) is 1. The van der Waals surface area contributed by atoms with Gasteiger partial charge in [-0.05, 0) is 74.4 Å². The van der Waals surface area contributed by atoms with Crippen LogP contribution in [-0.2, 0) is 25.7 Å². The van der Waals surface area contributed by atoms with E-state index in [1.54, 1.807) is 6.92 Å². The first-order chi connectivity index (χ1) is 14.6. The van der Waals surface area contributed by atoms with Crippen molar-refractivity contribution in [1.82, 2.24) is 4.57 Å². The molecule has 2 aromatic rings. The summed E-state index contributed by atoms with van der Waals surface area (Å²) in [6.07, 6.45) is 1.19. The maximum atomic E-state index is 14.0. The van der Waals surface area contributed by atoms with Crippen LogP contribution < -0.4 is 0 Å². The summed E-state index contributed by atoms with van der Waals surface area (Å²) in [5, 5.41) is 0. The minimum atomic E-state index is -1.000. The first-order valence-electron chi connectivity index (χ1n) is 10.5. The van der Waals surface area contributed by atoms with Gasteiger partial charge in [0.25, 0.3) is 0 Å². The fourth-order valence-electron chi connectivity index (χ4n) is 4.22. The molecule has 0 N–H and O–H groups in total. The number of carbonyl (C=O) groups excluding carboxylic acids is 2. The predicted octanol–water partition coefficient (Wildman–Crippen LogP) is 5.13. The van der Waals surface area contributed by atoms with Crippen LogP contribution in [0.15, 0.2) is 42.2 Å². The molecule has 1 aliphatic carbocycles. The second-order valence-electron chi connectivity index (χ2n) is 8.68. The Morgan fingerprint density at radius 2 is 1.74 bits per heavy atom. The predicted molar refractivity (Wildman–Crippen MR) is 116 cm³/mol.